The Bertz CT molecular complexity index is 720. The average molecular weight is 369 g/mol. The minimum absolute atomic E-state index is 0.0239. The highest BCUT2D eigenvalue weighted by atomic mass is 32.2. The largest absolute Gasteiger partial charge is 0.352 e. The van der Waals surface area contributed by atoms with Crippen molar-refractivity contribution in [2.75, 3.05) is 24.6 Å². The summed E-state index contributed by atoms with van der Waals surface area (Å²) in [6, 6.07) is 0.150. The fraction of sp³-hybridized carbons (Fsp3) is 0.765. The van der Waals surface area contributed by atoms with Gasteiger partial charge in [0.1, 0.15) is 0 Å². The molecule has 3 heterocycles. The summed E-state index contributed by atoms with van der Waals surface area (Å²) >= 11 is 0. The summed E-state index contributed by atoms with van der Waals surface area (Å²) in [6.45, 7) is 7.04. The van der Waals surface area contributed by atoms with Gasteiger partial charge in [0.25, 0.3) is 0 Å². The first kappa shape index (κ1) is 18.4. The van der Waals surface area contributed by atoms with Crippen molar-refractivity contribution in [2.24, 2.45) is 5.92 Å². The van der Waals surface area contributed by atoms with Gasteiger partial charge in [-0.3, -0.25) is 14.4 Å². The smallest absolute Gasteiger partial charge is 0.223 e. The Morgan fingerprint density at radius 3 is 2.60 bits per heavy atom. The zero-order valence-electron chi connectivity index (χ0n) is 15.1. The number of hydrogen-bond donors (Lipinski definition) is 1. The molecule has 7 nitrogen and oxygen atoms in total. The van der Waals surface area contributed by atoms with E-state index in [1.165, 1.54) is 0 Å². The molecule has 1 N–H and O–H groups in total. The molecule has 3 rings (SSSR count). The summed E-state index contributed by atoms with van der Waals surface area (Å²) in [5.41, 5.74) is 2.16. The number of hydrogen-bond acceptors (Lipinski definition) is 5. The molecule has 0 spiro atoms. The van der Waals surface area contributed by atoms with Crippen LogP contribution in [0.1, 0.15) is 37.4 Å². The molecule has 0 aliphatic carbocycles. The van der Waals surface area contributed by atoms with E-state index >= 15 is 0 Å². The second-order valence-electron chi connectivity index (χ2n) is 7.16. The van der Waals surface area contributed by atoms with E-state index in [0.717, 1.165) is 50.2 Å². The molecule has 0 unspecified atom stereocenters. The van der Waals surface area contributed by atoms with Gasteiger partial charge >= 0.3 is 0 Å². The van der Waals surface area contributed by atoms with Crippen molar-refractivity contribution in [1.82, 2.24) is 20.0 Å². The number of nitrogens with zero attached hydrogens (tertiary/aromatic N) is 3. The Balaban J connectivity index is 1.46. The van der Waals surface area contributed by atoms with Crippen LogP contribution in [0.5, 0.6) is 0 Å². The van der Waals surface area contributed by atoms with E-state index in [4.69, 9.17) is 0 Å². The van der Waals surface area contributed by atoms with E-state index in [1.807, 2.05) is 24.7 Å². The molecule has 0 saturated carbocycles. The van der Waals surface area contributed by atoms with Crippen LogP contribution in [0.2, 0.25) is 0 Å². The van der Waals surface area contributed by atoms with Crippen molar-refractivity contribution >= 4 is 15.7 Å². The number of carbonyl (C=O) groups excluding carboxylic acids is 1. The van der Waals surface area contributed by atoms with Gasteiger partial charge in [0, 0.05) is 36.3 Å². The van der Waals surface area contributed by atoms with Gasteiger partial charge in [-0.05, 0) is 46.2 Å². The Labute approximate surface area is 149 Å². The van der Waals surface area contributed by atoms with E-state index in [9.17, 15) is 13.2 Å². The van der Waals surface area contributed by atoms with Gasteiger partial charge in [-0.25, -0.2) is 8.42 Å². The molecule has 1 aromatic rings. The monoisotopic (exact) mass is 368 g/mol. The molecule has 8 heteroatoms. The predicted octanol–water partition coefficient (Wildman–Crippen LogP) is 0.727. The van der Waals surface area contributed by atoms with Gasteiger partial charge in [-0.15, -0.1) is 0 Å². The lowest BCUT2D eigenvalue weighted by atomic mass is 9.94. The highest BCUT2D eigenvalue weighted by Crippen LogP contribution is 2.24. The van der Waals surface area contributed by atoms with Crippen LogP contribution in [-0.2, 0) is 27.7 Å². The fourth-order valence-corrected chi connectivity index (χ4v) is 5.66. The van der Waals surface area contributed by atoms with Crippen molar-refractivity contribution < 1.29 is 13.2 Å². The molecule has 1 amide bonds. The predicted molar refractivity (Wildman–Crippen MR) is 95.8 cm³/mol. The number of aryl methyl sites for hydroxylation is 1. The SMILES string of the molecule is CCn1ncc(CNC(=O)C2CCN([C@@H]3CCS(=O)(=O)C3)CC2)c1C. The maximum Gasteiger partial charge on any atom is 0.223 e. The lowest BCUT2D eigenvalue weighted by Crippen LogP contribution is -2.45. The topological polar surface area (TPSA) is 84.3 Å². The fourth-order valence-electron chi connectivity index (χ4n) is 3.89. The summed E-state index contributed by atoms with van der Waals surface area (Å²) in [4.78, 5) is 14.7. The van der Waals surface area contributed by atoms with Crippen molar-refractivity contribution in [3.05, 3.63) is 17.5 Å². The van der Waals surface area contributed by atoms with Gasteiger partial charge in [-0.2, -0.15) is 5.10 Å². The number of likely N-dealkylation sites (tertiary alicyclic amines) is 1. The summed E-state index contributed by atoms with van der Waals surface area (Å²) in [7, 11) is -2.85. The van der Waals surface area contributed by atoms with Crippen LogP contribution < -0.4 is 5.32 Å². The molecule has 1 atom stereocenters. The molecular weight excluding hydrogens is 340 g/mol. The maximum atomic E-state index is 12.4. The average Bonchev–Trinajstić information content (AvgIpc) is 3.14. The zero-order chi connectivity index (χ0) is 18.0. The maximum absolute atomic E-state index is 12.4. The Hall–Kier alpha value is -1.41. The lowest BCUT2D eigenvalue weighted by Gasteiger charge is -2.34. The molecule has 2 saturated heterocycles. The van der Waals surface area contributed by atoms with Gasteiger partial charge in [0.15, 0.2) is 9.84 Å². The van der Waals surface area contributed by atoms with E-state index < -0.39 is 9.84 Å². The number of carbonyl (C=O) groups is 1. The van der Waals surface area contributed by atoms with Crippen LogP contribution >= 0.6 is 0 Å². The molecular formula is C17H28N4O3S. The van der Waals surface area contributed by atoms with Crippen LogP contribution in [0.3, 0.4) is 0 Å². The van der Waals surface area contributed by atoms with Crippen LogP contribution in [0.4, 0.5) is 0 Å². The molecule has 0 radical (unpaired) electrons. The third kappa shape index (κ3) is 4.23. The Morgan fingerprint density at radius 1 is 1.32 bits per heavy atom. The number of rotatable bonds is 5. The second-order valence-corrected chi connectivity index (χ2v) is 9.38. The summed E-state index contributed by atoms with van der Waals surface area (Å²) in [5, 5.41) is 7.34. The highest BCUT2D eigenvalue weighted by molar-refractivity contribution is 7.91. The van der Waals surface area contributed by atoms with Crippen LogP contribution in [0, 0.1) is 12.8 Å². The van der Waals surface area contributed by atoms with E-state index in [0.29, 0.717) is 12.3 Å². The number of piperidine rings is 1. The lowest BCUT2D eigenvalue weighted by molar-refractivity contribution is -0.126. The molecule has 0 aromatic carbocycles. The number of sulfone groups is 1. The minimum atomic E-state index is -2.85. The third-order valence-electron chi connectivity index (χ3n) is 5.58. The molecule has 2 aliphatic heterocycles. The van der Waals surface area contributed by atoms with E-state index in [2.05, 4.69) is 15.3 Å². The Morgan fingerprint density at radius 2 is 2.04 bits per heavy atom. The highest BCUT2D eigenvalue weighted by Gasteiger charge is 2.35. The quantitative estimate of drug-likeness (QED) is 0.828. The van der Waals surface area contributed by atoms with Crippen molar-refractivity contribution in [2.45, 2.75) is 52.2 Å². The molecule has 140 valence electrons. The first-order chi connectivity index (χ1) is 11.9. The molecule has 2 fully saturated rings. The third-order valence-corrected chi connectivity index (χ3v) is 7.33. The van der Waals surface area contributed by atoms with Crippen LogP contribution in [-0.4, -0.2) is 59.6 Å². The number of nitrogens with one attached hydrogen (secondary N) is 1. The van der Waals surface area contributed by atoms with Crippen LogP contribution in [0.25, 0.3) is 0 Å². The van der Waals surface area contributed by atoms with E-state index in [-0.39, 0.29) is 23.6 Å². The summed E-state index contributed by atoms with van der Waals surface area (Å²) in [5.74, 6) is 0.714. The van der Waals surface area contributed by atoms with Crippen LogP contribution in [0.15, 0.2) is 6.20 Å². The van der Waals surface area contributed by atoms with Gasteiger partial charge in [-0.1, -0.05) is 0 Å². The normalized spacial score (nSPS) is 24.5. The van der Waals surface area contributed by atoms with Gasteiger partial charge < -0.3 is 5.32 Å². The molecule has 1 aromatic heterocycles. The van der Waals surface area contributed by atoms with Crippen molar-refractivity contribution in [1.29, 1.82) is 0 Å². The summed E-state index contributed by atoms with van der Waals surface area (Å²) in [6.07, 6.45) is 4.16. The summed E-state index contributed by atoms with van der Waals surface area (Å²) < 4.78 is 25.2. The molecule has 25 heavy (non-hydrogen) atoms. The molecule has 0 bridgehead atoms. The minimum Gasteiger partial charge on any atom is -0.352 e. The Kier molecular flexibility index (Phi) is 5.48. The second kappa shape index (κ2) is 7.45. The van der Waals surface area contributed by atoms with E-state index in [1.54, 1.807) is 0 Å². The number of aromatic nitrogens is 2. The standard InChI is InChI=1S/C17H28N4O3S/c1-3-21-13(2)15(11-19-21)10-18-17(22)14-4-7-20(8-5-14)16-6-9-25(23,24)12-16/h11,14,16H,3-10,12H2,1-2H3,(H,18,22)/t16-/m1/s1. The first-order valence-electron chi connectivity index (χ1n) is 9.13. The number of amides is 1. The van der Waals surface area contributed by atoms with Crippen molar-refractivity contribution in [3.63, 3.8) is 0 Å². The molecule has 2 aliphatic rings. The first-order valence-corrected chi connectivity index (χ1v) is 10.9. The van der Waals surface area contributed by atoms with Crippen molar-refractivity contribution in [3.8, 4) is 0 Å². The van der Waals surface area contributed by atoms with Gasteiger partial charge in [0.05, 0.1) is 17.7 Å². The zero-order valence-corrected chi connectivity index (χ0v) is 15.9. The van der Waals surface area contributed by atoms with Gasteiger partial charge in [0.2, 0.25) is 5.91 Å².